The first-order chi connectivity index (χ1) is 14.1. The predicted molar refractivity (Wildman–Crippen MR) is 108 cm³/mol. The standard InChI is InChI=1S/C21H15ClF3N3O2/c1-12-7-8-15(11-17(12)28-20(30)16-6-3-9-26-18(16)22)27-19(29)13-4-2-5-14(10-13)21(23,24)25/h2-11H,1H3,(H,27,29)(H,28,30). The maximum absolute atomic E-state index is 12.9. The summed E-state index contributed by atoms with van der Waals surface area (Å²) in [5, 5.41) is 5.26. The Kier molecular flexibility index (Phi) is 6.07. The summed E-state index contributed by atoms with van der Waals surface area (Å²) >= 11 is 5.93. The lowest BCUT2D eigenvalue weighted by atomic mass is 10.1. The molecule has 3 rings (SSSR count). The fourth-order valence-electron chi connectivity index (χ4n) is 2.62. The molecule has 2 N–H and O–H groups in total. The minimum absolute atomic E-state index is 0.0432. The molecule has 0 bridgehead atoms. The fraction of sp³-hybridized carbons (Fsp3) is 0.0952. The second-order valence-corrected chi connectivity index (χ2v) is 6.72. The van der Waals surface area contributed by atoms with Crippen LogP contribution in [0.4, 0.5) is 24.5 Å². The van der Waals surface area contributed by atoms with Crippen LogP contribution in [0, 0.1) is 6.92 Å². The molecule has 1 heterocycles. The van der Waals surface area contributed by atoms with Crippen LogP contribution in [0.25, 0.3) is 0 Å². The molecule has 0 saturated carbocycles. The molecule has 1 aromatic heterocycles. The van der Waals surface area contributed by atoms with Gasteiger partial charge in [-0.3, -0.25) is 9.59 Å². The van der Waals surface area contributed by atoms with Gasteiger partial charge in [0.05, 0.1) is 11.1 Å². The number of benzene rings is 2. The molecule has 0 aliphatic heterocycles. The number of carbonyl (C=O) groups excluding carboxylic acids is 2. The Labute approximate surface area is 174 Å². The van der Waals surface area contributed by atoms with Crippen molar-refractivity contribution in [3.05, 3.63) is 88.2 Å². The van der Waals surface area contributed by atoms with E-state index in [1.807, 2.05) is 0 Å². The van der Waals surface area contributed by atoms with E-state index in [0.29, 0.717) is 16.9 Å². The summed E-state index contributed by atoms with van der Waals surface area (Å²) in [7, 11) is 0. The lowest BCUT2D eigenvalue weighted by molar-refractivity contribution is -0.137. The molecular formula is C21H15ClF3N3O2. The molecule has 9 heteroatoms. The van der Waals surface area contributed by atoms with Crippen LogP contribution in [0.15, 0.2) is 60.8 Å². The van der Waals surface area contributed by atoms with Gasteiger partial charge >= 0.3 is 6.18 Å². The van der Waals surface area contributed by atoms with Crippen molar-refractivity contribution in [2.75, 3.05) is 10.6 Å². The SMILES string of the molecule is Cc1ccc(NC(=O)c2cccc(C(F)(F)F)c2)cc1NC(=O)c1cccnc1Cl. The number of hydrogen-bond donors (Lipinski definition) is 2. The molecule has 0 radical (unpaired) electrons. The minimum Gasteiger partial charge on any atom is -0.322 e. The smallest absolute Gasteiger partial charge is 0.322 e. The molecule has 30 heavy (non-hydrogen) atoms. The van der Waals surface area contributed by atoms with Crippen LogP contribution in [0.3, 0.4) is 0 Å². The lowest BCUT2D eigenvalue weighted by Gasteiger charge is -2.13. The second kappa shape index (κ2) is 8.54. The number of aromatic nitrogens is 1. The van der Waals surface area contributed by atoms with Gasteiger partial charge in [0.2, 0.25) is 0 Å². The summed E-state index contributed by atoms with van der Waals surface area (Å²) in [6.45, 7) is 1.75. The van der Waals surface area contributed by atoms with Gasteiger partial charge in [0.15, 0.2) is 0 Å². The van der Waals surface area contributed by atoms with E-state index in [1.165, 1.54) is 24.4 Å². The summed E-state index contributed by atoms with van der Waals surface area (Å²) < 4.78 is 38.6. The quantitative estimate of drug-likeness (QED) is 0.529. The Morgan fingerprint density at radius 1 is 0.967 bits per heavy atom. The third-order valence-corrected chi connectivity index (χ3v) is 4.50. The van der Waals surface area contributed by atoms with Crippen molar-refractivity contribution in [3.8, 4) is 0 Å². The van der Waals surface area contributed by atoms with Crippen molar-refractivity contribution >= 4 is 34.8 Å². The summed E-state index contributed by atoms with van der Waals surface area (Å²) in [6.07, 6.45) is -3.10. The maximum Gasteiger partial charge on any atom is 0.416 e. The number of aryl methyl sites for hydroxylation is 1. The normalized spacial score (nSPS) is 11.1. The zero-order chi connectivity index (χ0) is 21.9. The highest BCUT2D eigenvalue weighted by Gasteiger charge is 2.30. The third kappa shape index (κ3) is 4.96. The Bertz CT molecular complexity index is 1120. The van der Waals surface area contributed by atoms with Crippen LogP contribution in [0.1, 0.15) is 31.8 Å². The van der Waals surface area contributed by atoms with Gasteiger partial charge < -0.3 is 10.6 Å². The number of alkyl halides is 3. The maximum atomic E-state index is 12.9. The van der Waals surface area contributed by atoms with Crippen molar-refractivity contribution in [1.82, 2.24) is 4.98 Å². The predicted octanol–water partition coefficient (Wildman–Crippen LogP) is 5.57. The Morgan fingerprint density at radius 2 is 1.73 bits per heavy atom. The molecule has 0 aliphatic carbocycles. The van der Waals surface area contributed by atoms with Crippen molar-refractivity contribution in [2.45, 2.75) is 13.1 Å². The van der Waals surface area contributed by atoms with E-state index in [1.54, 1.807) is 25.1 Å². The number of carbonyl (C=O) groups is 2. The average molecular weight is 434 g/mol. The monoisotopic (exact) mass is 433 g/mol. The minimum atomic E-state index is -4.55. The van der Waals surface area contributed by atoms with Crippen LogP contribution < -0.4 is 10.6 Å². The number of rotatable bonds is 4. The largest absolute Gasteiger partial charge is 0.416 e. The van der Waals surface area contributed by atoms with E-state index < -0.39 is 23.6 Å². The molecule has 0 unspecified atom stereocenters. The number of halogens is 4. The van der Waals surface area contributed by atoms with Gasteiger partial charge in [-0.25, -0.2) is 4.98 Å². The molecule has 0 aliphatic rings. The van der Waals surface area contributed by atoms with E-state index in [4.69, 9.17) is 11.6 Å². The van der Waals surface area contributed by atoms with E-state index in [9.17, 15) is 22.8 Å². The first-order valence-corrected chi connectivity index (χ1v) is 9.04. The molecule has 0 atom stereocenters. The fourth-order valence-corrected chi connectivity index (χ4v) is 2.82. The molecule has 3 aromatic rings. The van der Waals surface area contributed by atoms with Gasteiger partial charge in [-0.2, -0.15) is 13.2 Å². The van der Waals surface area contributed by atoms with Crippen LogP contribution >= 0.6 is 11.6 Å². The molecule has 5 nitrogen and oxygen atoms in total. The molecule has 2 aromatic carbocycles. The van der Waals surface area contributed by atoms with Crippen molar-refractivity contribution < 1.29 is 22.8 Å². The number of nitrogens with zero attached hydrogens (tertiary/aromatic N) is 1. The van der Waals surface area contributed by atoms with Gasteiger partial charge in [0.1, 0.15) is 5.15 Å². The van der Waals surface area contributed by atoms with Crippen molar-refractivity contribution in [1.29, 1.82) is 0 Å². The summed E-state index contributed by atoms with van der Waals surface area (Å²) in [6, 6.07) is 11.9. The van der Waals surface area contributed by atoms with Crippen molar-refractivity contribution in [2.24, 2.45) is 0 Å². The van der Waals surface area contributed by atoms with E-state index in [0.717, 1.165) is 18.2 Å². The van der Waals surface area contributed by atoms with Crippen LogP contribution in [0.2, 0.25) is 5.15 Å². The van der Waals surface area contributed by atoms with Gasteiger partial charge in [-0.05, 0) is 55.0 Å². The Hall–Kier alpha value is -3.39. The molecule has 0 saturated heterocycles. The summed E-state index contributed by atoms with van der Waals surface area (Å²) in [5.74, 6) is -1.20. The third-order valence-electron chi connectivity index (χ3n) is 4.20. The number of hydrogen-bond acceptors (Lipinski definition) is 3. The average Bonchev–Trinajstić information content (AvgIpc) is 2.70. The van der Waals surface area contributed by atoms with Gasteiger partial charge in [0.25, 0.3) is 11.8 Å². The first-order valence-electron chi connectivity index (χ1n) is 8.66. The topological polar surface area (TPSA) is 71.1 Å². The number of anilines is 2. The highest BCUT2D eigenvalue weighted by Crippen LogP contribution is 2.30. The van der Waals surface area contributed by atoms with Gasteiger partial charge in [-0.15, -0.1) is 0 Å². The zero-order valence-corrected chi connectivity index (χ0v) is 16.3. The van der Waals surface area contributed by atoms with Crippen LogP contribution in [-0.2, 0) is 6.18 Å². The summed E-state index contributed by atoms with van der Waals surface area (Å²) in [5.41, 5.74) is 0.535. The molecule has 0 fully saturated rings. The molecular weight excluding hydrogens is 419 g/mol. The number of nitrogens with one attached hydrogen (secondary N) is 2. The molecule has 154 valence electrons. The van der Waals surface area contributed by atoms with E-state index >= 15 is 0 Å². The number of amides is 2. The van der Waals surface area contributed by atoms with Crippen molar-refractivity contribution in [3.63, 3.8) is 0 Å². The zero-order valence-electron chi connectivity index (χ0n) is 15.5. The van der Waals surface area contributed by atoms with Gasteiger partial charge in [-0.1, -0.05) is 23.7 Å². The van der Waals surface area contributed by atoms with Crippen LogP contribution in [0.5, 0.6) is 0 Å². The molecule has 0 spiro atoms. The highest BCUT2D eigenvalue weighted by atomic mass is 35.5. The second-order valence-electron chi connectivity index (χ2n) is 6.36. The number of pyridine rings is 1. The first kappa shape index (κ1) is 21.3. The lowest BCUT2D eigenvalue weighted by Crippen LogP contribution is -2.16. The van der Waals surface area contributed by atoms with Gasteiger partial charge in [0, 0.05) is 23.1 Å². The van der Waals surface area contributed by atoms with Crippen LogP contribution in [-0.4, -0.2) is 16.8 Å². The van der Waals surface area contributed by atoms with E-state index in [2.05, 4.69) is 15.6 Å². The molecule has 2 amide bonds. The summed E-state index contributed by atoms with van der Waals surface area (Å²) in [4.78, 5) is 28.7. The van der Waals surface area contributed by atoms with E-state index in [-0.39, 0.29) is 16.3 Å². The highest BCUT2D eigenvalue weighted by molar-refractivity contribution is 6.33. The Morgan fingerprint density at radius 3 is 2.43 bits per heavy atom. The Balaban J connectivity index is 1.79.